The monoisotopic (exact) mass is 462 g/mol. The van der Waals surface area contributed by atoms with Crippen LogP contribution in [0.1, 0.15) is 40.4 Å². The second kappa shape index (κ2) is 11.2. The molecule has 2 N–H and O–H groups in total. The van der Waals surface area contributed by atoms with Gasteiger partial charge in [-0.05, 0) is 55.3 Å². The molecule has 0 aliphatic rings. The number of urea groups is 1. The van der Waals surface area contributed by atoms with Crippen LogP contribution in [0.4, 0.5) is 16.2 Å². The molecule has 0 fully saturated rings. The van der Waals surface area contributed by atoms with Crippen LogP contribution in [0.25, 0.3) is 0 Å². The molecular formula is C27H30N2O5. The van der Waals surface area contributed by atoms with Crippen molar-refractivity contribution in [3.8, 4) is 17.2 Å². The molecule has 3 aromatic carbocycles. The molecule has 7 heteroatoms. The molecule has 3 rings (SSSR count). The van der Waals surface area contributed by atoms with Gasteiger partial charge in [0, 0.05) is 23.9 Å². The average Bonchev–Trinajstić information content (AvgIpc) is 2.83. The minimum atomic E-state index is -0.453. The lowest BCUT2D eigenvalue weighted by Gasteiger charge is -2.15. The van der Waals surface area contributed by atoms with Crippen LogP contribution < -0.4 is 24.8 Å². The number of aryl methyl sites for hydroxylation is 2. The van der Waals surface area contributed by atoms with Crippen LogP contribution in [0.15, 0.2) is 54.6 Å². The fourth-order valence-electron chi connectivity index (χ4n) is 3.51. The number of carbonyl (C=O) groups is 2. The molecule has 0 saturated carbocycles. The van der Waals surface area contributed by atoms with Gasteiger partial charge in [0.25, 0.3) is 0 Å². The van der Waals surface area contributed by atoms with Gasteiger partial charge in [-0.25, -0.2) is 4.79 Å². The number of amides is 2. The van der Waals surface area contributed by atoms with Crippen molar-refractivity contribution in [1.29, 1.82) is 0 Å². The van der Waals surface area contributed by atoms with Gasteiger partial charge in [0.05, 0.1) is 19.8 Å². The van der Waals surface area contributed by atoms with Gasteiger partial charge >= 0.3 is 6.03 Å². The Morgan fingerprint density at radius 3 is 2.06 bits per heavy atom. The molecule has 0 atom stereocenters. The van der Waals surface area contributed by atoms with E-state index in [4.69, 9.17) is 14.2 Å². The van der Waals surface area contributed by atoms with E-state index >= 15 is 0 Å². The van der Waals surface area contributed by atoms with Crippen LogP contribution in [-0.2, 0) is 6.61 Å². The summed E-state index contributed by atoms with van der Waals surface area (Å²) in [5.41, 5.74) is 4.81. The zero-order valence-electron chi connectivity index (χ0n) is 20.2. The van der Waals surface area contributed by atoms with Gasteiger partial charge < -0.3 is 24.8 Å². The smallest absolute Gasteiger partial charge is 0.323 e. The Kier molecular flexibility index (Phi) is 8.14. The second-order valence-corrected chi connectivity index (χ2v) is 7.86. The third kappa shape index (κ3) is 6.07. The molecule has 0 aliphatic carbocycles. The molecule has 0 heterocycles. The van der Waals surface area contributed by atoms with Crippen molar-refractivity contribution in [3.63, 3.8) is 0 Å². The van der Waals surface area contributed by atoms with Gasteiger partial charge in [0.2, 0.25) is 0 Å². The van der Waals surface area contributed by atoms with E-state index in [1.54, 1.807) is 50.4 Å². The number of ketones is 1. The maximum absolute atomic E-state index is 12.6. The number of hydrogen-bond acceptors (Lipinski definition) is 5. The molecule has 178 valence electrons. The predicted octanol–water partition coefficient (Wildman–Crippen LogP) is 6.14. The van der Waals surface area contributed by atoms with Crippen LogP contribution in [0, 0.1) is 13.8 Å². The first-order chi connectivity index (χ1) is 16.3. The van der Waals surface area contributed by atoms with Crippen LogP contribution in [0.2, 0.25) is 0 Å². The summed E-state index contributed by atoms with van der Waals surface area (Å²) in [4.78, 5) is 25.1. The topological polar surface area (TPSA) is 85.9 Å². The molecule has 0 aromatic heterocycles. The van der Waals surface area contributed by atoms with Crippen molar-refractivity contribution < 1.29 is 23.8 Å². The van der Waals surface area contributed by atoms with E-state index in [2.05, 4.69) is 16.7 Å². The predicted molar refractivity (Wildman–Crippen MR) is 133 cm³/mol. The average molecular weight is 463 g/mol. The first kappa shape index (κ1) is 24.6. The summed E-state index contributed by atoms with van der Waals surface area (Å²) in [6.07, 6.45) is 0.321. The van der Waals surface area contributed by atoms with Crippen molar-refractivity contribution in [2.45, 2.75) is 33.8 Å². The van der Waals surface area contributed by atoms with Gasteiger partial charge in [-0.15, -0.1) is 0 Å². The number of benzene rings is 3. The van der Waals surface area contributed by atoms with E-state index in [1.165, 1.54) is 12.7 Å². The van der Waals surface area contributed by atoms with Gasteiger partial charge in [0.1, 0.15) is 12.4 Å². The molecule has 0 aliphatic heterocycles. The summed E-state index contributed by atoms with van der Waals surface area (Å²) < 4.78 is 16.5. The zero-order valence-corrected chi connectivity index (χ0v) is 20.2. The van der Waals surface area contributed by atoms with E-state index in [-0.39, 0.29) is 5.78 Å². The lowest BCUT2D eigenvalue weighted by atomic mass is 10.1. The van der Waals surface area contributed by atoms with E-state index in [0.29, 0.717) is 47.2 Å². The van der Waals surface area contributed by atoms with Crippen molar-refractivity contribution in [2.24, 2.45) is 0 Å². The molecule has 2 amide bonds. The molecule has 34 heavy (non-hydrogen) atoms. The summed E-state index contributed by atoms with van der Waals surface area (Å²) in [6.45, 7) is 6.22. The molecular weight excluding hydrogens is 432 g/mol. The van der Waals surface area contributed by atoms with Crippen LogP contribution >= 0.6 is 0 Å². The summed E-state index contributed by atoms with van der Waals surface area (Å²) >= 11 is 0. The summed E-state index contributed by atoms with van der Waals surface area (Å²) in [5, 5.41) is 5.51. The third-order valence-electron chi connectivity index (χ3n) is 5.38. The van der Waals surface area contributed by atoms with Crippen molar-refractivity contribution in [3.05, 3.63) is 76.9 Å². The summed E-state index contributed by atoms with van der Waals surface area (Å²) in [6, 6.07) is 15.8. The van der Waals surface area contributed by atoms with E-state index < -0.39 is 6.03 Å². The molecule has 0 bridgehead atoms. The Balaban J connectivity index is 1.73. The van der Waals surface area contributed by atoms with Crippen LogP contribution in [0.5, 0.6) is 17.2 Å². The van der Waals surface area contributed by atoms with Gasteiger partial charge in [-0.2, -0.15) is 0 Å². The molecule has 3 aromatic rings. The van der Waals surface area contributed by atoms with E-state index in [0.717, 1.165) is 11.1 Å². The minimum Gasteiger partial charge on any atom is -0.493 e. The van der Waals surface area contributed by atoms with Gasteiger partial charge in [0.15, 0.2) is 17.3 Å². The largest absolute Gasteiger partial charge is 0.493 e. The quantitative estimate of drug-likeness (QED) is 0.373. The fraction of sp³-hybridized carbons (Fsp3) is 0.259. The number of methoxy groups -OCH3 is 2. The number of nitrogens with one attached hydrogen (secondary N) is 2. The maximum atomic E-state index is 12.6. The summed E-state index contributed by atoms with van der Waals surface area (Å²) in [5.74, 6) is 1.48. The van der Waals surface area contributed by atoms with Crippen LogP contribution in [0.3, 0.4) is 0 Å². The molecule has 0 spiro atoms. The molecule has 0 unspecified atom stereocenters. The van der Waals surface area contributed by atoms with Crippen LogP contribution in [-0.4, -0.2) is 26.0 Å². The Bertz CT molecular complexity index is 1190. The summed E-state index contributed by atoms with van der Waals surface area (Å²) in [7, 11) is 3.07. The van der Waals surface area contributed by atoms with Crippen molar-refractivity contribution in [1.82, 2.24) is 0 Å². The zero-order chi connectivity index (χ0) is 24.7. The normalized spacial score (nSPS) is 10.4. The van der Waals surface area contributed by atoms with Crippen molar-refractivity contribution in [2.75, 3.05) is 24.9 Å². The minimum absolute atomic E-state index is 0.0698. The first-order valence-electron chi connectivity index (χ1n) is 11.0. The highest BCUT2D eigenvalue weighted by Gasteiger charge is 2.15. The Morgan fingerprint density at radius 1 is 0.794 bits per heavy atom. The Hall–Kier alpha value is -4.00. The SMILES string of the molecule is CCC(=O)c1cc(NC(=O)Nc2ccc(OC)c(OC)c2)ccc1OCc1ccc(C)cc1C. The first-order valence-corrected chi connectivity index (χ1v) is 11.0. The fourth-order valence-corrected chi connectivity index (χ4v) is 3.51. The number of anilines is 2. The van der Waals surface area contributed by atoms with Gasteiger partial charge in [-0.1, -0.05) is 30.7 Å². The molecule has 7 nitrogen and oxygen atoms in total. The van der Waals surface area contributed by atoms with E-state index in [1.807, 2.05) is 26.0 Å². The molecule has 0 saturated heterocycles. The lowest BCUT2D eigenvalue weighted by molar-refractivity contribution is 0.0983. The Labute approximate surface area is 200 Å². The highest BCUT2D eigenvalue weighted by atomic mass is 16.5. The van der Waals surface area contributed by atoms with Gasteiger partial charge in [-0.3, -0.25) is 4.79 Å². The maximum Gasteiger partial charge on any atom is 0.323 e. The highest BCUT2D eigenvalue weighted by Crippen LogP contribution is 2.30. The van der Waals surface area contributed by atoms with E-state index in [9.17, 15) is 9.59 Å². The molecule has 0 radical (unpaired) electrons. The second-order valence-electron chi connectivity index (χ2n) is 7.86. The number of carbonyl (C=O) groups excluding carboxylic acids is 2. The number of Topliss-reactive ketones (excluding diaryl/α,β-unsaturated/α-hetero) is 1. The standard InChI is InChI=1S/C27H30N2O5/c1-6-23(30)22-14-20(9-11-24(22)34-16-19-8-7-17(2)13-18(19)3)28-27(31)29-21-10-12-25(32-4)26(15-21)33-5/h7-15H,6,16H2,1-5H3,(H2,28,29,31). The number of rotatable bonds is 9. The Morgan fingerprint density at radius 2 is 1.44 bits per heavy atom. The third-order valence-corrected chi connectivity index (χ3v) is 5.38. The number of hydrogen-bond donors (Lipinski definition) is 2. The lowest BCUT2D eigenvalue weighted by Crippen LogP contribution is -2.19. The number of ether oxygens (including phenoxy) is 3. The van der Waals surface area contributed by atoms with Crippen molar-refractivity contribution >= 4 is 23.2 Å². The highest BCUT2D eigenvalue weighted by molar-refractivity contribution is 6.03.